The molecule has 9 nitrogen and oxygen atoms in total. The lowest BCUT2D eigenvalue weighted by Crippen LogP contribution is -2.36. The number of carboxylic acid groups (broad SMARTS) is 1. The van der Waals surface area contributed by atoms with Crippen LogP contribution >= 0.6 is 24.0 Å². The molecule has 0 atom stereocenters. The van der Waals surface area contributed by atoms with Gasteiger partial charge in [-0.05, 0) is 17.7 Å². The van der Waals surface area contributed by atoms with Crippen LogP contribution in [0.5, 0.6) is 0 Å². The van der Waals surface area contributed by atoms with E-state index >= 15 is 0 Å². The zero-order valence-electron chi connectivity index (χ0n) is 14.0. The summed E-state index contributed by atoms with van der Waals surface area (Å²) in [6.07, 6.45) is 1.48. The van der Waals surface area contributed by atoms with Crippen LogP contribution < -0.4 is 4.90 Å². The number of rotatable bonds is 5. The van der Waals surface area contributed by atoms with Crippen LogP contribution in [0.25, 0.3) is 6.08 Å². The molecule has 0 aromatic heterocycles. The number of nitrogens with zero attached hydrogens (tertiary/aromatic N) is 3. The van der Waals surface area contributed by atoms with Crippen LogP contribution in [0.2, 0.25) is 0 Å². The van der Waals surface area contributed by atoms with Crippen molar-refractivity contribution in [3.05, 3.63) is 38.8 Å². The van der Waals surface area contributed by atoms with Gasteiger partial charge in [-0.1, -0.05) is 30.0 Å². The van der Waals surface area contributed by atoms with Gasteiger partial charge in [0.15, 0.2) is 0 Å². The Morgan fingerprint density at radius 3 is 2.74 bits per heavy atom. The van der Waals surface area contributed by atoms with Crippen molar-refractivity contribution in [3.8, 4) is 0 Å². The number of thiocarbonyl (C=S) groups is 1. The SMILES string of the molecule is O=C(O)CN1C(=O)/C(=C\c2ccc(N3CCOCC3)c([N+](=O)[O-])c2)SC1=S. The Kier molecular flexibility index (Phi) is 5.73. The van der Waals surface area contributed by atoms with Crippen molar-refractivity contribution < 1.29 is 24.4 Å². The summed E-state index contributed by atoms with van der Waals surface area (Å²) in [6, 6.07) is 4.73. The molecule has 2 saturated heterocycles. The van der Waals surface area contributed by atoms with Gasteiger partial charge in [0.25, 0.3) is 11.6 Å². The molecule has 27 heavy (non-hydrogen) atoms. The minimum Gasteiger partial charge on any atom is -0.480 e. The molecule has 11 heteroatoms. The maximum Gasteiger partial charge on any atom is 0.323 e. The van der Waals surface area contributed by atoms with Gasteiger partial charge >= 0.3 is 5.97 Å². The maximum absolute atomic E-state index is 12.3. The summed E-state index contributed by atoms with van der Waals surface area (Å²) in [6.45, 7) is 1.62. The number of morpholine rings is 1. The van der Waals surface area contributed by atoms with Crippen LogP contribution in [0.1, 0.15) is 5.56 Å². The van der Waals surface area contributed by atoms with Crippen molar-refractivity contribution in [3.63, 3.8) is 0 Å². The smallest absolute Gasteiger partial charge is 0.323 e. The minimum absolute atomic E-state index is 0.0633. The molecule has 2 aliphatic heterocycles. The van der Waals surface area contributed by atoms with Gasteiger partial charge in [0.1, 0.15) is 16.6 Å². The second-order valence-corrected chi connectivity index (χ2v) is 7.44. The van der Waals surface area contributed by atoms with Gasteiger partial charge in [-0.2, -0.15) is 0 Å². The molecule has 0 spiro atoms. The Labute approximate surface area is 163 Å². The highest BCUT2D eigenvalue weighted by molar-refractivity contribution is 8.26. The molecular formula is C16H15N3O6S2. The molecule has 1 amide bonds. The summed E-state index contributed by atoms with van der Waals surface area (Å²) in [4.78, 5) is 37.3. The molecule has 1 aromatic carbocycles. The summed E-state index contributed by atoms with van der Waals surface area (Å²) in [7, 11) is 0. The molecule has 2 aliphatic rings. The van der Waals surface area contributed by atoms with Crippen LogP contribution in [0.3, 0.4) is 0 Å². The summed E-state index contributed by atoms with van der Waals surface area (Å²) in [5.74, 6) is -1.69. The third kappa shape index (κ3) is 4.26. The Morgan fingerprint density at radius 2 is 2.11 bits per heavy atom. The van der Waals surface area contributed by atoms with Crippen LogP contribution in [0.15, 0.2) is 23.1 Å². The fourth-order valence-electron chi connectivity index (χ4n) is 2.77. The molecule has 0 saturated carbocycles. The second kappa shape index (κ2) is 8.03. The summed E-state index contributed by atoms with van der Waals surface area (Å²) in [5, 5.41) is 20.4. The van der Waals surface area contributed by atoms with Gasteiger partial charge in [-0.15, -0.1) is 0 Å². The number of hydrogen-bond donors (Lipinski definition) is 1. The van der Waals surface area contributed by atoms with Crippen LogP contribution in [0, 0.1) is 10.1 Å². The van der Waals surface area contributed by atoms with E-state index in [1.54, 1.807) is 12.1 Å². The number of ether oxygens (including phenoxy) is 1. The van der Waals surface area contributed by atoms with Crippen molar-refractivity contribution in [1.82, 2.24) is 4.90 Å². The van der Waals surface area contributed by atoms with E-state index in [4.69, 9.17) is 22.1 Å². The van der Waals surface area contributed by atoms with Gasteiger partial charge in [0.05, 0.1) is 23.0 Å². The number of aliphatic carboxylic acids is 1. The van der Waals surface area contributed by atoms with E-state index in [2.05, 4.69) is 0 Å². The summed E-state index contributed by atoms with van der Waals surface area (Å²) < 4.78 is 5.42. The Hall–Kier alpha value is -2.50. The lowest BCUT2D eigenvalue weighted by molar-refractivity contribution is -0.384. The van der Waals surface area contributed by atoms with Crippen molar-refractivity contribution in [2.24, 2.45) is 0 Å². The maximum atomic E-state index is 12.3. The predicted octanol–water partition coefficient (Wildman–Crippen LogP) is 1.72. The fourth-order valence-corrected chi connectivity index (χ4v) is 4.03. The molecule has 2 heterocycles. The van der Waals surface area contributed by atoms with Gasteiger partial charge in [-0.3, -0.25) is 24.6 Å². The Bertz CT molecular complexity index is 851. The number of hydrogen-bond acceptors (Lipinski definition) is 8. The molecule has 0 radical (unpaired) electrons. The van der Waals surface area contributed by atoms with Crippen molar-refractivity contribution in [2.75, 3.05) is 37.7 Å². The van der Waals surface area contributed by atoms with Crippen LogP contribution in [0.4, 0.5) is 11.4 Å². The van der Waals surface area contributed by atoms with E-state index < -0.39 is 23.3 Å². The van der Waals surface area contributed by atoms with E-state index in [0.29, 0.717) is 37.6 Å². The number of carbonyl (C=O) groups excluding carboxylic acids is 1. The van der Waals surface area contributed by atoms with Crippen molar-refractivity contribution >= 4 is 57.6 Å². The van der Waals surface area contributed by atoms with E-state index in [0.717, 1.165) is 16.7 Å². The lowest BCUT2D eigenvalue weighted by atomic mass is 10.1. The largest absolute Gasteiger partial charge is 0.480 e. The number of benzene rings is 1. The quantitative estimate of drug-likeness (QED) is 0.336. The molecule has 2 fully saturated rings. The zero-order chi connectivity index (χ0) is 19.6. The third-order valence-corrected chi connectivity index (χ3v) is 5.39. The van der Waals surface area contributed by atoms with Crippen LogP contribution in [-0.4, -0.2) is 64.0 Å². The van der Waals surface area contributed by atoms with Crippen molar-refractivity contribution in [1.29, 1.82) is 0 Å². The van der Waals surface area contributed by atoms with E-state index in [-0.39, 0.29) is 14.9 Å². The molecule has 0 unspecified atom stereocenters. The topological polar surface area (TPSA) is 113 Å². The van der Waals surface area contributed by atoms with E-state index in [1.165, 1.54) is 12.1 Å². The highest BCUT2D eigenvalue weighted by atomic mass is 32.2. The standard InChI is InChI=1S/C16H15N3O6S2/c20-14(21)9-18-15(22)13(27-16(18)26)8-10-1-2-11(12(7-10)19(23)24)17-3-5-25-6-4-17/h1-2,7-8H,3-6,9H2,(H,20,21)/b13-8+. The average molecular weight is 409 g/mol. The molecule has 142 valence electrons. The molecule has 1 N–H and O–H groups in total. The fraction of sp³-hybridized carbons (Fsp3) is 0.312. The Balaban J connectivity index is 1.89. The molecule has 0 bridgehead atoms. The van der Waals surface area contributed by atoms with E-state index in [1.807, 2.05) is 4.90 Å². The minimum atomic E-state index is -1.17. The number of nitro benzene ring substituents is 1. The van der Waals surface area contributed by atoms with Gasteiger partial charge < -0.3 is 14.7 Å². The third-order valence-electron chi connectivity index (χ3n) is 4.01. The van der Waals surface area contributed by atoms with Gasteiger partial charge in [-0.25, -0.2) is 0 Å². The highest BCUT2D eigenvalue weighted by Gasteiger charge is 2.33. The van der Waals surface area contributed by atoms with Gasteiger partial charge in [0, 0.05) is 19.2 Å². The molecule has 0 aliphatic carbocycles. The van der Waals surface area contributed by atoms with E-state index in [9.17, 15) is 19.7 Å². The van der Waals surface area contributed by atoms with Crippen LogP contribution in [-0.2, 0) is 14.3 Å². The highest BCUT2D eigenvalue weighted by Crippen LogP contribution is 2.35. The summed E-state index contributed by atoms with van der Waals surface area (Å²) in [5.41, 5.74) is 0.903. The number of thioether (sulfide) groups is 1. The Morgan fingerprint density at radius 1 is 1.41 bits per heavy atom. The number of nitro groups is 1. The molecule has 3 rings (SSSR count). The first kappa shape index (κ1) is 19.3. The average Bonchev–Trinajstić information content (AvgIpc) is 2.89. The number of carbonyl (C=O) groups is 2. The number of amides is 1. The second-order valence-electron chi connectivity index (χ2n) is 5.77. The predicted molar refractivity (Wildman–Crippen MR) is 104 cm³/mol. The van der Waals surface area contributed by atoms with Gasteiger partial charge in [0.2, 0.25) is 0 Å². The number of anilines is 1. The first-order valence-electron chi connectivity index (χ1n) is 7.95. The number of carboxylic acids is 1. The monoisotopic (exact) mass is 409 g/mol. The van der Waals surface area contributed by atoms with Crippen molar-refractivity contribution in [2.45, 2.75) is 0 Å². The lowest BCUT2D eigenvalue weighted by Gasteiger charge is -2.28. The normalized spacial score (nSPS) is 19.0. The zero-order valence-corrected chi connectivity index (χ0v) is 15.6. The molecular weight excluding hydrogens is 394 g/mol. The summed E-state index contributed by atoms with van der Waals surface area (Å²) >= 11 is 6.01. The first-order valence-corrected chi connectivity index (χ1v) is 9.17. The first-order chi connectivity index (χ1) is 12.9. The molecule has 1 aromatic rings.